The molecule has 0 unspecified atom stereocenters. The Morgan fingerprint density at radius 3 is 1.65 bits per heavy atom. The molecule has 4 heteroatoms. The molecule has 0 fully saturated rings. The molecule has 4 nitrogen and oxygen atoms in total. The molecular formula is C16H34O4. The van der Waals surface area contributed by atoms with E-state index in [1.54, 1.807) is 0 Å². The van der Waals surface area contributed by atoms with Crippen LogP contribution >= 0.6 is 0 Å². The van der Waals surface area contributed by atoms with Crippen molar-refractivity contribution in [1.29, 1.82) is 0 Å². The van der Waals surface area contributed by atoms with E-state index in [0.29, 0.717) is 13.0 Å². The summed E-state index contributed by atoms with van der Waals surface area (Å²) in [6.45, 7) is 10.2. The first-order valence-electron chi connectivity index (χ1n) is 8.12. The molecule has 0 aliphatic rings. The molecule has 0 aliphatic carbocycles. The summed E-state index contributed by atoms with van der Waals surface area (Å²) in [5, 5.41) is 0. The second kappa shape index (κ2) is 20.7. The summed E-state index contributed by atoms with van der Waals surface area (Å²) < 4.78 is 4.75. The highest BCUT2D eigenvalue weighted by Crippen LogP contribution is 1.99. The van der Waals surface area contributed by atoms with Crippen LogP contribution in [0.1, 0.15) is 79.1 Å². The maximum absolute atomic E-state index is 10.7. The summed E-state index contributed by atoms with van der Waals surface area (Å²) >= 11 is 0. The topological polar surface area (TPSA) is 44.8 Å². The Balaban J connectivity index is 0. The summed E-state index contributed by atoms with van der Waals surface area (Å²) in [7, 11) is 0. The molecule has 0 aliphatic heterocycles. The maximum Gasteiger partial charge on any atom is 0.305 e. The first-order valence-corrected chi connectivity index (χ1v) is 8.12. The van der Waals surface area contributed by atoms with Crippen LogP contribution in [0.25, 0.3) is 0 Å². The lowest BCUT2D eigenvalue weighted by Gasteiger charge is -2.00. The van der Waals surface area contributed by atoms with Gasteiger partial charge in [0, 0.05) is 6.42 Å². The van der Waals surface area contributed by atoms with Gasteiger partial charge in [-0.05, 0) is 26.2 Å². The average Bonchev–Trinajstić information content (AvgIpc) is 2.44. The van der Waals surface area contributed by atoms with Crippen LogP contribution in [-0.4, -0.2) is 25.8 Å². The summed E-state index contributed by atoms with van der Waals surface area (Å²) in [5.74, 6) is -0.0593. The second-order valence-electron chi connectivity index (χ2n) is 4.61. The van der Waals surface area contributed by atoms with Crippen molar-refractivity contribution >= 4 is 5.97 Å². The molecular weight excluding hydrogens is 256 g/mol. The third-order valence-corrected chi connectivity index (χ3v) is 2.54. The lowest BCUT2D eigenvalue weighted by molar-refractivity contribution is -0.295. The third-order valence-electron chi connectivity index (χ3n) is 2.54. The summed E-state index contributed by atoms with van der Waals surface area (Å²) in [4.78, 5) is 20.4. The Hall–Kier alpha value is -0.610. The minimum Gasteiger partial charge on any atom is -0.466 e. The van der Waals surface area contributed by atoms with Gasteiger partial charge in [0.25, 0.3) is 0 Å². The summed E-state index contributed by atoms with van der Waals surface area (Å²) in [6, 6.07) is 0. The monoisotopic (exact) mass is 290 g/mol. The van der Waals surface area contributed by atoms with E-state index in [1.807, 2.05) is 6.92 Å². The Morgan fingerprint density at radius 1 is 0.750 bits per heavy atom. The number of carbonyl (C=O) groups excluding carboxylic acids is 1. The van der Waals surface area contributed by atoms with Crippen LogP contribution in [0.15, 0.2) is 0 Å². The van der Waals surface area contributed by atoms with E-state index < -0.39 is 0 Å². The molecule has 0 saturated carbocycles. The summed E-state index contributed by atoms with van der Waals surface area (Å²) in [6.07, 6.45) is 8.34. The fraction of sp³-hybridized carbons (Fsp3) is 0.938. The molecule has 122 valence electrons. The number of esters is 1. The maximum atomic E-state index is 10.7. The van der Waals surface area contributed by atoms with Crippen LogP contribution in [0, 0.1) is 0 Å². The zero-order valence-electron chi connectivity index (χ0n) is 13.9. The van der Waals surface area contributed by atoms with Crippen LogP contribution in [0.2, 0.25) is 0 Å². The van der Waals surface area contributed by atoms with Crippen molar-refractivity contribution in [2.45, 2.75) is 79.1 Å². The predicted molar refractivity (Wildman–Crippen MR) is 82.5 cm³/mol. The molecule has 0 aromatic heterocycles. The van der Waals surface area contributed by atoms with Crippen LogP contribution in [0.3, 0.4) is 0 Å². The fourth-order valence-corrected chi connectivity index (χ4v) is 1.28. The molecule has 0 radical (unpaired) electrons. The van der Waals surface area contributed by atoms with Crippen LogP contribution < -0.4 is 0 Å². The second-order valence-corrected chi connectivity index (χ2v) is 4.61. The van der Waals surface area contributed by atoms with Crippen molar-refractivity contribution in [2.75, 3.05) is 19.8 Å². The zero-order chi connectivity index (χ0) is 15.5. The van der Waals surface area contributed by atoms with E-state index in [2.05, 4.69) is 20.8 Å². The SMILES string of the molecule is CCCCCC(=O)OCC.CCCCOOCCCC. The Labute approximate surface area is 125 Å². The number of ether oxygens (including phenoxy) is 1. The molecule has 0 spiro atoms. The molecule has 0 rings (SSSR count). The Kier molecular flexibility index (Phi) is 22.4. The van der Waals surface area contributed by atoms with Crippen molar-refractivity contribution in [3.8, 4) is 0 Å². The van der Waals surface area contributed by atoms with Gasteiger partial charge in [0.05, 0.1) is 19.8 Å². The first-order chi connectivity index (χ1) is 9.72. The molecule has 0 aromatic carbocycles. The number of rotatable bonds is 12. The van der Waals surface area contributed by atoms with Gasteiger partial charge < -0.3 is 4.74 Å². The van der Waals surface area contributed by atoms with Crippen molar-refractivity contribution in [2.24, 2.45) is 0 Å². The molecule has 0 saturated heterocycles. The minimum atomic E-state index is -0.0593. The van der Waals surface area contributed by atoms with Gasteiger partial charge >= 0.3 is 5.97 Å². The molecule has 0 aromatic rings. The van der Waals surface area contributed by atoms with Gasteiger partial charge in [0.2, 0.25) is 0 Å². The normalized spacial score (nSPS) is 9.80. The molecule has 0 N–H and O–H groups in total. The van der Waals surface area contributed by atoms with Crippen molar-refractivity contribution in [3.63, 3.8) is 0 Å². The molecule has 0 bridgehead atoms. The van der Waals surface area contributed by atoms with Gasteiger partial charge in [-0.15, -0.1) is 0 Å². The Morgan fingerprint density at radius 2 is 1.25 bits per heavy atom. The Bertz CT molecular complexity index is 175. The number of hydrogen-bond acceptors (Lipinski definition) is 4. The van der Waals surface area contributed by atoms with E-state index >= 15 is 0 Å². The largest absolute Gasteiger partial charge is 0.466 e. The van der Waals surface area contributed by atoms with Crippen LogP contribution in [-0.2, 0) is 19.3 Å². The van der Waals surface area contributed by atoms with E-state index in [1.165, 1.54) is 0 Å². The van der Waals surface area contributed by atoms with Gasteiger partial charge in [-0.25, -0.2) is 9.78 Å². The van der Waals surface area contributed by atoms with Gasteiger partial charge in [0.15, 0.2) is 0 Å². The highest BCUT2D eigenvalue weighted by Gasteiger charge is 1.98. The molecule has 0 heterocycles. The van der Waals surface area contributed by atoms with Crippen LogP contribution in [0.5, 0.6) is 0 Å². The first kappa shape index (κ1) is 21.7. The smallest absolute Gasteiger partial charge is 0.305 e. The molecule has 20 heavy (non-hydrogen) atoms. The van der Waals surface area contributed by atoms with Crippen molar-refractivity contribution in [1.82, 2.24) is 0 Å². The number of unbranched alkanes of at least 4 members (excludes halogenated alkanes) is 4. The van der Waals surface area contributed by atoms with Gasteiger partial charge in [-0.3, -0.25) is 4.79 Å². The van der Waals surface area contributed by atoms with Crippen LogP contribution in [0.4, 0.5) is 0 Å². The number of carbonyl (C=O) groups is 1. The number of hydrogen-bond donors (Lipinski definition) is 0. The van der Waals surface area contributed by atoms with E-state index in [4.69, 9.17) is 14.5 Å². The van der Waals surface area contributed by atoms with E-state index in [0.717, 1.165) is 58.2 Å². The van der Waals surface area contributed by atoms with E-state index in [-0.39, 0.29) is 5.97 Å². The van der Waals surface area contributed by atoms with Gasteiger partial charge in [-0.1, -0.05) is 46.5 Å². The third kappa shape index (κ3) is 22.6. The standard InChI is InChI=1S/C8H16O2.C8H18O2/c1-3-5-6-7-8(9)10-4-2;1-3-5-7-9-10-8-6-4-2/h3-7H2,1-2H3;3-8H2,1-2H3. The van der Waals surface area contributed by atoms with Gasteiger partial charge in [0.1, 0.15) is 0 Å². The lowest BCUT2D eigenvalue weighted by atomic mass is 10.2. The fourth-order valence-electron chi connectivity index (χ4n) is 1.28. The molecule has 0 amide bonds. The molecule has 0 atom stereocenters. The van der Waals surface area contributed by atoms with Gasteiger partial charge in [-0.2, -0.15) is 0 Å². The van der Waals surface area contributed by atoms with Crippen molar-refractivity contribution in [3.05, 3.63) is 0 Å². The van der Waals surface area contributed by atoms with Crippen molar-refractivity contribution < 1.29 is 19.3 Å². The van der Waals surface area contributed by atoms with E-state index in [9.17, 15) is 4.79 Å². The average molecular weight is 290 g/mol. The highest BCUT2D eigenvalue weighted by molar-refractivity contribution is 5.69. The lowest BCUT2D eigenvalue weighted by Crippen LogP contribution is -2.02. The zero-order valence-corrected chi connectivity index (χ0v) is 13.9. The highest BCUT2D eigenvalue weighted by atomic mass is 17.2. The summed E-state index contributed by atoms with van der Waals surface area (Å²) in [5.41, 5.74) is 0. The predicted octanol–water partition coefficient (Wildman–Crippen LogP) is 4.66. The minimum absolute atomic E-state index is 0.0593. The quantitative estimate of drug-likeness (QED) is 0.227.